The van der Waals surface area contributed by atoms with Gasteiger partial charge in [-0.2, -0.15) is 0 Å². The number of hydrogen-bond acceptors (Lipinski definition) is 3. The number of nitrogens with zero attached hydrogens (tertiary/aromatic N) is 2. The predicted molar refractivity (Wildman–Crippen MR) is 91.2 cm³/mol. The van der Waals surface area contributed by atoms with E-state index < -0.39 is 10.0 Å². The topological polar surface area (TPSA) is 57.7 Å². The Bertz CT molecular complexity index is 693. The van der Waals surface area contributed by atoms with Crippen LogP contribution in [0, 0.1) is 11.8 Å². The molecule has 0 radical (unpaired) electrons. The smallest absolute Gasteiger partial charge is 0.255 e. The van der Waals surface area contributed by atoms with Crippen LogP contribution in [0.2, 0.25) is 5.02 Å². The fraction of sp³-hybridized carbons (Fsp3) is 0.562. The zero-order chi connectivity index (χ0) is 17.4. The average molecular weight is 359 g/mol. The second-order valence-electron chi connectivity index (χ2n) is 6.59. The maximum atomic E-state index is 12.8. The molecule has 0 N–H and O–H groups in total. The van der Waals surface area contributed by atoms with Crippen LogP contribution >= 0.6 is 11.6 Å². The molecular weight excluding hydrogens is 336 g/mol. The van der Waals surface area contributed by atoms with Crippen LogP contribution in [-0.2, 0) is 10.0 Å². The van der Waals surface area contributed by atoms with Gasteiger partial charge in [0.15, 0.2) is 0 Å². The molecule has 0 spiro atoms. The molecule has 128 valence electrons. The molecule has 2 unspecified atom stereocenters. The fourth-order valence-electron chi connectivity index (χ4n) is 3.04. The standard InChI is InChI=1S/C16H23ClN2O3S/c1-11-7-12(2)10-19(9-11)16(20)14-8-13(5-6-15(14)17)23(21,22)18(3)4/h5-6,8,11-12H,7,9-10H2,1-4H3. The summed E-state index contributed by atoms with van der Waals surface area (Å²) in [6.45, 7) is 5.57. The molecule has 0 aliphatic carbocycles. The molecule has 0 saturated carbocycles. The van der Waals surface area contributed by atoms with Crippen LogP contribution in [0.4, 0.5) is 0 Å². The van der Waals surface area contributed by atoms with E-state index in [4.69, 9.17) is 11.6 Å². The zero-order valence-electron chi connectivity index (χ0n) is 13.9. The Morgan fingerprint density at radius 2 is 1.78 bits per heavy atom. The number of hydrogen-bond donors (Lipinski definition) is 0. The SMILES string of the molecule is CC1CC(C)CN(C(=O)c2cc(S(=O)(=O)N(C)C)ccc2Cl)C1. The number of carbonyl (C=O) groups excluding carboxylic acids is 1. The average Bonchev–Trinajstić information content (AvgIpc) is 2.45. The molecule has 1 heterocycles. The van der Waals surface area contributed by atoms with Gasteiger partial charge in [0.1, 0.15) is 0 Å². The van der Waals surface area contributed by atoms with Crippen molar-refractivity contribution in [1.29, 1.82) is 0 Å². The van der Waals surface area contributed by atoms with Crippen molar-refractivity contribution in [3.05, 3.63) is 28.8 Å². The van der Waals surface area contributed by atoms with Gasteiger partial charge < -0.3 is 4.90 Å². The van der Waals surface area contributed by atoms with Crippen LogP contribution in [0.1, 0.15) is 30.6 Å². The second-order valence-corrected chi connectivity index (χ2v) is 9.14. The summed E-state index contributed by atoms with van der Waals surface area (Å²) in [7, 11) is -0.682. The Labute approximate surface area is 143 Å². The first-order chi connectivity index (χ1) is 10.6. The fourth-order valence-corrected chi connectivity index (χ4v) is 4.17. The Morgan fingerprint density at radius 1 is 1.22 bits per heavy atom. The Morgan fingerprint density at radius 3 is 2.30 bits per heavy atom. The lowest BCUT2D eigenvalue weighted by Gasteiger charge is -2.35. The predicted octanol–water partition coefficient (Wildman–Crippen LogP) is 2.71. The van der Waals surface area contributed by atoms with E-state index in [2.05, 4.69) is 13.8 Å². The van der Waals surface area contributed by atoms with Crippen molar-refractivity contribution in [2.75, 3.05) is 27.2 Å². The summed E-state index contributed by atoms with van der Waals surface area (Å²) in [5.74, 6) is 0.648. The summed E-state index contributed by atoms with van der Waals surface area (Å²) in [5.41, 5.74) is 0.246. The second kappa shape index (κ2) is 6.79. The summed E-state index contributed by atoms with van der Waals surface area (Å²) in [6, 6.07) is 4.28. The summed E-state index contributed by atoms with van der Waals surface area (Å²) in [6.07, 6.45) is 1.09. The van der Waals surface area contributed by atoms with E-state index in [1.54, 1.807) is 4.90 Å². The van der Waals surface area contributed by atoms with Gasteiger partial charge in [-0.15, -0.1) is 0 Å². The van der Waals surface area contributed by atoms with Crippen molar-refractivity contribution in [2.45, 2.75) is 25.2 Å². The van der Waals surface area contributed by atoms with Gasteiger partial charge in [-0.25, -0.2) is 12.7 Å². The Kier molecular flexibility index (Phi) is 5.38. The number of likely N-dealkylation sites (tertiary alicyclic amines) is 1. The van der Waals surface area contributed by atoms with Gasteiger partial charge in [0.25, 0.3) is 5.91 Å². The molecule has 1 aromatic carbocycles. The number of carbonyl (C=O) groups is 1. The number of benzene rings is 1. The van der Waals surface area contributed by atoms with Gasteiger partial charge in [0.2, 0.25) is 10.0 Å². The highest BCUT2D eigenvalue weighted by molar-refractivity contribution is 7.89. The van der Waals surface area contributed by atoms with E-state index in [1.807, 2.05) is 0 Å². The third kappa shape index (κ3) is 3.87. The van der Waals surface area contributed by atoms with Crippen molar-refractivity contribution in [1.82, 2.24) is 9.21 Å². The van der Waals surface area contributed by atoms with Crippen molar-refractivity contribution < 1.29 is 13.2 Å². The summed E-state index contributed by atoms with van der Waals surface area (Å²) < 4.78 is 25.6. The lowest BCUT2D eigenvalue weighted by Crippen LogP contribution is -2.42. The monoisotopic (exact) mass is 358 g/mol. The Balaban J connectivity index is 2.37. The van der Waals surface area contributed by atoms with Gasteiger partial charge in [-0.05, 0) is 36.5 Å². The van der Waals surface area contributed by atoms with Crippen molar-refractivity contribution in [3.63, 3.8) is 0 Å². The minimum absolute atomic E-state index is 0.0772. The van der Waals surface area contributed by atoms with Crippen molar-refractivity contribution in [3.8, 4) is 0 Å². The van der Waals surface area contributed by atoms with Gasteiger partial charge in [0.05, 0.1) is 15.5 Å². The number of sulfonamides is 1. The van der Waals surface area contributed by atoms with E-state index in [1.165, 1.54) is 32.3 Å². The molecule has 2 atom stereocenters. The van der Waals surface area contributed by atoms with E-state index in [-0.39, 0.29) is 21.4 Å². The highest BCUT2D eigenvalue weighted by Crippen LogP contribution is 2.27. The number of rotatable bonds is 3. The zero-order valence-corrected chi connectivity index (χ0v) is 15.5. The molecule has 23 heavy (non-hydrogen) atoms. The highest BCUT2D eigenvalue weighted by Gasteiger charge is 2.28. The van der Waals surface area contributed by atoms with E-state index >= 15 is 0 Å². The third-order valence-corrected chi connectivity index (χ3v) is 6.24. The molecule has 7 heteroatoms. The first-order valence-corrected chi connectivity index (χ1v) is 9.46. The number of piperidine rings is 1. The van der Waals surface area contributed by atoms with Crippen LogP contribution < -0.4 is 0 Å². The molecule has 1 fully saturated rings. The molecular formula is C16H23ClN2O3S. The number of amides is 1. The molecule has 1 amide bonds. The van der Waals surface area contributed by atoms with Crippen LogP contribution in [-0.4, -0.2) is 50.7 Å². The quantitative estimate of drug-likeness (QED) is 0.834. The maximum absolute atomic E-state index is 12.8. The minimum atomic E-state index is -3.60. The van der Waals surface area contributed by atoms with Gasteiger partial charge >= 0.3 is 0 Å². The summed E-state index contributed by atoms with van der Waals surface area (Å²) in [5, 5.41) is 0.276. The molecule has 0 aromatic heterocycles. The van der Waals surface area contributed by atoms with E-state index in [9.17, 15) is 13.2 Å². The van der Waals surface area contributed by atoms with Crippen LogP contribution in [0.5, 0.6) is 0 Å². The highest BCUT2D eigenvalue weighted by atomic mass is 35.5. The maximum Gasteiger partial charge on any atom is 0.255 e. The lowest BCUT2D eigenvalue weighted by atomic mass is 9.91. The summed E-state index contributed by atoms with van der Waals surface area (Å²) in [4.78, 5) is 14.6. The van der Waals surface area contributed by atoms with Gasteiger partial charge in [0, 0.05) is 27.2 Å². The Hall–Kier alpha value is -1.11. The molecule has 1 saturated heterocycles. The van der Waals surface area contributed by atoms with Crippen molar-refractivity contribution >= 4 is 27.5 Å². The number of halogens is 1. The van der Waals surface area contributed by atoms with E-state index in [0.717, 1.165) is 10.7 Å². The minimum Gasteiger partial charge on any atom is -0.338 e. The molecule has 1 aliphatic heterocycles. The van der Waals surface area contributed by atoms with E-state index in [0.29, 0.717) is 24.9 Å². The molecule has 0 bridgehead atoms. The molecule has 1 aliphatic rings. The lowest BCUT2D eigenvalue weighted by molar-refractivity contribution is 0.0623. The molecule has 2 rings (SSSR count). The van der Waals surface area contributed by atoms with Crippen LogP contribution in [0.15, 0.2) is 23.1 Å². The first kappa shape index (κ1) is 18.2. The summed E-state index contributed by atoms with van der Waals surface area (Å²) >= 11 is 6.16. The van der Waals surface area contributed by atoms with Crippen LogP contribution in [0.3, 0.4) is 0 Å². The van der Waals surface area contributed by atoms with Gasteiger partial charge in [-0.3, -0.25) is 4.79 Å². The normalized spacial score (nSPS) is 22.4. The molecule has 1 aromatic rings. The third-order valence-electron chi connectivity index (χ3n) is 4.10. The van der Waals surface area contributed by atoms with Crippen LogP contribution in [0.25, 0.3) is 0 Å². The first-order valence-electron chi connectivity index (χ1n) is 7.64. The van der Waals surface area contributed by atoms with Crippen molar-refractivity contribution in [2.24, 2.45) is 11.8 Å². The van der Waals surface area contributed by atoms with Gasteiger partial charge in [-0.1, -0.05) is 25.4 Å². The largest absolute Gasteiger partial charge is 0.338 e. The molecule has 5 nitrogen and oxygen atoms in total.